The molecule has 1 aliphatic heterocycles. The molecule has 4 rings (SSSR count). The van der Waals surface area contributed by atoms with Gasteiger partial charge in [0.05, 0.1) is 24.4 Å². The summed E-state index contributed by atoms with van der Waals surface area (Å²) >= 11 is 1.75. The van der Waals surface area contributed by atoms with Gasteiger partial charge in [0.25, 0.3) is 0 Å². The minimum Gasteiger partial charge on any atom is -0.493 e. The molecule has 0 atom stereocenters. The van der Waals surface area contributed by atoms with Gasteiger partial charge in [0.2, 0.25) is 5.91 Å². The standard InChI is InChI=1S/C25H31N3O3S/c1-16-13-17(2)23-22(14-16)32-25(27-23)28-11-8-19(9-12-28)24(29)26-10-7-18-5-6-20(30-3)21(15-18)31-4/h5-6,13-15,19H,7-12H2,1-4H3,(H,26,29). The van der Waals surface area contributed by atoms with Crippen LogP contribution in [0.5, 0.6) is 11.5 Å². The van der Waals surface area contributed by atoms with Gasteiger partial charge in [-0.25, -0.2) is 4.98 Å². The van der Waals surface area contributed by atoms with Crippen molar-refractivity contribution in [2.45, 2.75) is 33.1 Å². The molecule has 0 spiro atoms. The number of hydrogen-bond acceptors (Lipinski definition) is 6. The van der Waals surface area contributed by atoms with E-state index in [1.807, 2.05) is 18.2 Å². The van der Waals surface area contributed by atoms with E-state index in [4.69, 9.17) is 14.5 Å². The highest BCUT2D eigenvalue weighted by Crippen LogP contribution is 2.33. The molecule has 1 fully saturated rings. The van der Waals surface area contributed by atoms with Gasteiger partial charge < -0.3 is 19.7 Å². The van der Waals surface area contributed by atoms with Crippen LogP contribution in [0.1, 0.15) is 29.5 Å². The van der Waals surface area contributed by atoms with Gasteiger partial charge in [0.15, 0.2) is 16.6 Å². The number of aromatic nitrogens is 1. The molecule has 3 aromatic rings. The maximum absolute atomic E-state index is 12.7. The number of anilines is 1. The summed E-state index contributed by atoms with van der Waals surface area (Å²) in [6.07, 6.45) is 2.47. The van der Waals surface area contributed by atoms with E-state index in [9.17, 15) is 4.79 Å². The number of carbonyl (C=O) groups excluding carboxylic acids is 1. The van der Waals surface area contributed by atoms with Gasteiger partial charge in [-0.2, -0.15) is 0 Å². The van der Waals surface area contributed by atoms with Crippen molar-refractivity contribution >= 4 is 32.6 Å². The number of benzene rings is 2. The number of ether oxygens (including phenoxy) is 2. The molecule has 1 N–H and O–H groups in total. The molecule has 0 bridgehead atoms. The number of nitrogens with zero attached hydrogens (tertiary/aromatic N) is 2. The first kappa shape index (κ1) is 22.4. The predicted octanol–water partition coefficient (Wildman–Crippen LogP) is 4.51. The zero-order valence-corrected chi connectivity index (χ0v) is 20.1. The quantitative estimate of drug-likeness (QED) is 0.570. The Bertz CT molecular complexity index is 1100. The van der Waals surface area contributed by atoms with Crippen LogP contribution in [-0.2, 0) is 11.2 Å². The third-order valence-electron chi connectivity index (χ3n) is 6.12. The second-order valence-corrected chi connectivity index (χ2v) is 9.43. The molecule has 1 aliphatic rings. The van der Waals surface area contributed by atoms with Gasteiger partial charge in [-0.05, 0) is 68.0 Å². The fourth-order valence-corrected chi connectivity index (χ4v) is 5.53. The summed E-state index contributed by atoms with van der Waals surface area (Å²) in [7, 11) is 3.26. The SMILES string of the molecule is COc1ccc(CCNC(=O)C2CCN(c3nc4c(C)cc(C)cc4s3)CC2)cc1OC. The molecule has 170 valence electrons. The molecule has 1 saturated heterocycles. The van der Waals surface area contributed by atoms with Crippen LogP contribution in [0, 0.1) is 19.8 Å². The summed E-state index contributed by atoms with van der Waals surface area (Å²) < 4.78 is 11.9. The van der Waals surface area contributed by atoms with E-state index >= 15 is 0 Å². The molecule has 0 saturated carbocycles. The molecular weight excluding hydrogens is 422 g/mol. The molecule has 2 aromatic carbocycles. The van der Waals surface area contributed by atoms with Crippen molar-refractivity contribution in [3.8, 4) is 11.5 Å². The molecule has 32 heavy (non-hydrogen) atoms. The summed E-state index contributed by atoms with van der Waals surface area (Å²) in [6, 6.07) is 10.3. The molecule has 6 nitrogen and oxygen atoms in total. The minimum absolute atomic E-state index is 0.0648. The third kappa shape index (κ3) is 4.83. The highest BCUT2D eigenvalue weighted by Gasteiger charge is 2.26. The third-order valence-corrected chi connectivity index (χ3v) is 7.18. The zero-order chi connectivity index (χ0) is 22.7. The maximum Gasteiger partial charge on any atom is 0.223 e. The van der Waals surface area contributed by atoms with E-state index in [-0.39, 0.29) is 11.8 Å². The predicted molar refractivity (Wildman–Crippen MR) is 130 cm³/mol. The number of nitrogens with one attached hydrogen (secondary N) is 1. The van der Waals surface area contributed by atoms with Gasteiger partial charge in [0, 0.05) is 25.6 Å². The fourth-order valence-electron chi connectivity index (χ4n) is 4.34. The first-order valence-electron chi connectivity index (χ1n) is 11.1. The molecule has 1 amide bonds. The smallest absolute Gasteiger partial charge is 0.223 e. The average molecular weight is 454 g/mol. The van der Waals surface area contributed by atoms with Crippen molar-refractivity contribution in [2.75, 3.05) is 38.8 Å². The lowest BCUT2D eigenvalue weighted by atomic mass is 9.96. The molecule has 0 aliphatic carbocycles. The van der Waals surface area contributed by atoms with Crippen LogP contribution in [0.15, 0.2) is 30.3 Å². The summed E-state index contributed by atoms with van der Waals surface area (Å²) in [6.45, 7) is 6.60. The van der Waals surface area contributed by atoms with Crippen molar-refractivity contribution in [3.63, 3.8) is 0 Å². The fraction of sp³-hybridized carbons (Fsp3) is 0.440. The Morgan fingerprint density at radius 3 is 2.59 bits per heavy atom. The number of hydrogen-bond donors (Lipinski definition) is 1. The van der Waals surface area contributed by atoms with E-state index in [1.165, 1.54) is 15.8 Å². The zero-order valence-electron chi connectivity index (χ0n) is 19.2. The first-order chi connectivity index (χ1) is 15.5. The van der Waals surface area contributed by atoms with Crippen molar-refractivity contribution in [1.82, 2.24) is 10.3 Å². The summed E-state index contributed by atoms with van der Waals surface area (Å²) in [5.41, 5.74) is 4.71. The Kier molecular flexibility index (Phi) is 6.84. The van der Waals surface area contributed by atoms with Crippen LogP contribution in [0.3, 0.4) is 0 Å². The number of carbonyl (C=O) groups is 1. The van der Waals surface area contributed by atoms with Crippen LogP contribution in [0.4, 0.5) is 5.13 Å². The highest BCUT2D eigenvalue weighted by atomic mass is 32.1. The van der Waals surface area contributed by atoms with Gasteiger partial charge >= 0.3 is 0 Å². The molecule has 2 heterocycles. The molecule has 0 unspecified atom stereocenters. The average Bonchev–Trinajstić information content (AvgIpc) is 3.23. The number of amides is 1. The number of aryl methyl sites for hydroxylation is 2. The molecule has 1 aromatic heterocycles. The number of methoxy groups -OCH3 is 2. The maximum atomic E-state index is 12.7. The van der Waals surface area contributed by atoms with Crippen LogP contribution < -0.4 is 19.7 Å². The number of fused-ring (bicyclic) bond motifs is 1. The van der Waals surface area contributed by atoms with Crippen molar-refractivity contribution in [1.29, 1.82) is 0 Å². The van der Waals surface area contributed by atoms with Crippen LogP contribution in [-0.4, -0.2) is 44.7 Å². The summed E-state index contributed by atoms with van der Waals surface area (Å²) in [5, 5.41) is 4.18. The van der Waals surface area contributed by atoms with Crippen molar-refractivity contribution in [2.24, 2.45) is 5.92 Å². The normalized spacial score (nSPS) is 14.6. The molecular formula is C25H31N3O3S. The summed E-state index contributed by atoms with van der Waals surface area (Å²) in [4.78, 5) is 19.9. The minimum atomic E-state index is 0.0648. The van der Waals surface area contributed by atoms with Crippen LogP contribution in [0.25, 0.3) is 10.2 Å². The number of piperidine rings is 1. The lowest BCUT2D eigenvalue weighted by Crippen LogP contribution is -2.41. The Hall–Kier alpha value is -2.80. The second kappa shape index (κ2) is 9.77. The Morgan fingerprint density at radius 1 is 1.12 bits per heavy atom. The largest absolute Gasteiger partial charge is 0.493 e. The molecule has 0 radical (unpaired) electrons. The van der Waals surface area contributed by atoms with E-state index in [1.54, 1.807) is 25.6 Å². The summed E-state index contributed by atoms with van der Waals surface area (Å²) in [5.74, 6) is 1.64. The van der Waals surface area contributed by atoms with E-state index in [2.05, 4.69) is 36.2 Å². The van der Waals surface area contributed by atoms with Crippen LogP contribution in [0.2, 0.25) is 0 Å². The van der Waals surface area contributed by atoms with Gasteiger partial charge in [-0.3, -0.25) is 4.79 Å². The molecule has 7 heteroatoms. The van der Waals surface area contributed by atoms with Gasteiger partial charge in [0.1, 0.15) is 0 Å². The lowest BCUT2D eigenvalue weighted by molar-refractivity contribution is -0.125. The van der Waals surface area contributed by atoms with Gasteiger partial charge in [-0.15, -0.1) is 0 Å². The second-order valence-electron chi connectivity index (χ2n) is 8.42. The van der Waals surface area contributed by atoms with Crippen LogP contribution >= 0.6 is 11.3 Å². The first-order valence-corrected chi connectivity index (χ1v) is 11.9. The number of rotatable bonds is 7. The van der Waals surface area contributed by atoms with Crippen molar-refractivity contribution in [3.05, 3.63) is 47.0 Å². The van der Waals surface area contributed by atoms with Crippen molar-refractivity contribution < 1.29 is 14.3 Å². The van der Waals surface area contributed by atoms with E-state index in [0.29, 0.717) is 18.0 Å². The number of thiazole rings is 1. The topological polar surface area (TPSA) is 63.7 Å². The Labute approximate surface area is 193 Å². The Balaban J connectivity index is 1.28. The highest BCUT2D eigenvalue weighted by molar-refractivity contribution is 7.22. The monoisotopic (exact) mass is 453 g/mol. The van der Waals surface area contributed by atoms with E-state index in [0.717, 1.165) is 48.6 Å². The van der Waals surface area contributed by atoms with E-state index < -0.39 is 0 Å². The lowest BCUT2D eigenvalue weighted by Gasteiger charge is -2.31. The Morgan fingerprint density at radius 2 is 1.88 bits per heavy atom. The van der Waals surface area contributed by atoms with Gasteiger partial charge in [-0.1, -0.05) is 23.5 Å².